The van der Waals surface area contributed by atoms with Gasteiger partial charge in [0.15, 0.2) is 0 Å². The van der Waals surface area contributed by atoms with Crippen LogP contribution in [0.5, 0.6) is 0 Å². The minimum absolute atomic E-state index is 0.0379. The van der Waals surface area contributed by atoms with Gasteiger partial charge in [0.05, 0.1) is 13.1 Å². The number of nitrogens with one attached hydrogen (secondary N) is 1. The van der Waals surface area contributed by atoms with E-state index in [9.17, 15) is 19.2 Å². The van der Waals surface area contributed by atoms with Crippen molar-refractivity contribution in [2.45, 2.75) is 19.6 Å². The molecule has 0 bridgehead atoms. The van der Waals surface area contributed by atoms with E-state index in [-0.39, 0.29) is 56.2 Å². The van der Waals surface area contributed by atoms with Crippen LogP contribution in [0, 0.1) is 0 Å². The average molecular weight is 324 g/mol. The fraction of sp³-hybridized carbons (Fsp3) is 0.692. The van der Waals surface area contributed by atoms with Crippen LogP contribution in [0.3, 0.4) is 0 Å². The smallest absolute Gasteiger partial charge is 0.239 e. The summed E-state index contributed by atoms with van der Waals surface area (Å²) in [4.78, 5) is 49.2. The van der Waals surface area contributed by atoms with Crippen LogP contribution in [-0.2, 0) is 19.2 Å². The summed E-state index contributed by atoms with van der Waals surface area (Å²) in [6, 6.07) is 0. The van der Waals surface area contributed by atoms with E-state index in [2.05, 4.69) is 5.32 Å². The molecule has 0 aliphatic heterocycles. The molecule has 0 aromatic rings. The second kappa shape index (κ2) is 11.7. The molecule has 0 aliphatic carbocycles. The monoisotopic (exact) mass is 324 g/mol. The van der Waals surface area contributed by atoms with Crippen molar-refractivity contribution in [3.63, 3.8) is 0 Å². The van der Waals surface area contributed by atoms with Crippen LogP contribution in [0.2, 0.25) is 12.6 Å². The van der Waals surface area contributed by atoms with Gasteiger partial charge in [-0.3, -0.25) is 19.2 Å². The Bertz CT molecular complexity index is 434. The number of ketones is 1. The Morgan fingerprint density at radius 1 is 0.957 bits per heavy atom. The quantitative estimate of drug-likeness (QED) is 0.382. The first-order valence-electron chi connectivity index (χ1n) is 7.87. The van der Waals surface area contributed by atoms with Gasteiger partial charge in [0.25, 0.3) is 0 Å². The topological polar surface area (TPSA) is 113 Å². The molecular formula is C13H26B2N4O4. The summed E-state index contributed by atoms with van der Waals surface area (Å²) in [7, 11) is 3.44. The predicted octanol–water partition coefficient (Wildman–Crippen LogP) is -3.59. The van der Waals surface area contributed by atoms with Crippen LogP contribution in [0.15, 0.2) is 0 Å². The van der Waals surface area contributed by atoms with Gasteiger partial charge in [0, 0.05) is 26.2 Å². The molecule has 128 valence electrons. The van der Waals surface area contributed by atoms with Crippen LogP contribution in [0.4, 0.5) is 0 Å². The van der Waals surface area contributed by atoms with Gasteiger partial charge in [0.2, 0.25) is 17.7 Å². The van der Waals surface area contributed by atoms with Gasteiger partial charge in [-0.25, -0.2) is 0 Å². The highest BCUT2D eigenvalue weighted by Gasteiger charge is 2.16. The van der Waals surface area contributed by atoms with Gasteiger partial charge in [0.1, 0.15) is 21.5 Å². The highest BCUT2D eigenvalue weighted by atomic mass is 16.2. The standard InChI is InChI=1S/C13H26B2N4O4/c1-10(20)8-19(13(23)7-15)5-3-17-11(21)9-18(4-2-16)12(22)6-14/h2-9,14-16H2,1H3,(H,17,21). The third kappa shape index (κ3) is 9.02. The highest BCUT2D eigenvalue weighted by molar-refractivity contribution is 6.20. The molecule has 3 N–H and O–H groups in total. The molecule has 0 heterocycles. The van der Waals surface area contributed by atoms with Crippen molar-refractivity contribution in [2.75, 3.05) is 39.3 Å². The van der Waals surface area contributed by atoms with Crippen LogP contribution in [0.1, 0.15) is 6.92 Å². The molecule has 3 amide bonds. The van der Waals surface area contributed by atoms with E-state index >= 15 is 0 Å². The SMILES string of the molecule is BCC(=O)N(CCNC(=O)CN(CCN)C(=O)CB)CC(C)=O. The molecular weight excluding hydrogens is 298 g/mol. The molecule has 0 spiro atoms. The van der Waals surface area contributed by atoms with Gasteiger partial charge in [-0.05, 0) is 19.6 Å². The first kappa shape index (κ1) is 21.2. The number of hydrogen-bond acceptors (Lipinski definition) is 5. The summed E-state index contributed by atoms with van der Waals surface area (Å²) in [5.74, 6) is -0.696. The van der Waals surface area contributed by atoms with Gasteiger partial charge < -0.3 is 20.9 Å². The summed E-state index contributed by atoms with van der Waals surface area (Å²) in [6.45, 7) is 2.50. The number of carbonyl (C=O) groups is 4. The molecule has 0 saturated carbocycles. The summed E-state index contributed by atoms with van der Waals surface area (Å²) >= 11 is 0. The fourth-order valence-electron chi connectivity index (χ4n) is 2.02. The maximum Gasteiger partial charge on any atom is 0.239 e. The van der Waals surface area contributed by atoms with Crippen LogP contribution in [-0.4, -0.2) is 88.3 Å². The Morgan fingerprint density at radius 3 is 1.91 bits per heavy atom. The van der Waals surface area contributed by atoms with E-state index < -0.39 is 0 Å². The van der Waals surface area contributed by atoms with Gasteiger partial charge in [-0.2, -0.15) is 0 Å². The molecule has 0 saturated heterocycles. The van der Waals surface area contributed by atoms with E-state index in [1.54, 1.807) is 15.7 Å². The number of rotatable bonds is 11. The fourth-order valence-corrected chi connectivity index (χ4v) is 2.02. The zero-order valence-corrected chi connectivity index (χ0v) is 14.3. The second-order valence-corrected chi connectivity index (χ2v) is 5.18. The number of amides is 3. The van der Waals surface area contributed by atoms with E-state index in [0.717, 1.165) is 0 Å². The third-order valence-corrected chi connectivity index (χ3v) is 3.16. The van der Waals surface area contributed by atoms with Gasteiger partial charge in [-0.15, -0.1) is 0 Å². The first-order chi connectivity index (χ1) is 10.8. The number of hydrogen-bond donors (Lipinski definition) is 2. The van der Waals surface area contributed by atoms with Gasteiger partial charge in [-0.1, -0.05) is 0 Å². The van der Waals surface area contributed by atoms with Crippen LogP contribution >= 0.6 is 0 Å². The van der Waals surface area contributed by atoms with Crippen molar-refractivity contribution in [1.29, 1.82) is 0 Å². The molecule has 10 heteroatoms. The van der Waals surface area contributed by atoms with E-state index in [4.69, 9.17) is 5.73 Å². The lowest BCUT2D eigenvalue weighted by Gasteiger charge is -2.23. The maximum atomic E-state index is 11.9. The van der Waals surface area contributed by atoms with Crippen molar-refractivity contribution in [3.8, 4) is 0 Å². The minimum Gasteiger partial charge on any atom is -0.353 e. The third-order valence-electron chi connectivity index (χ3n) is 3.16. The largest absolute Gasteiger partial charge is 0.353 e. The lowest BCUT2D eigenvalue weighted by atomic mass is 10.0. The zero-order chi connectivity index (χ0) is 17.8. The van der Waals surface area contributed by atoms with Crippen molar-refractivity contribution in [3.05, 3.63) is 0 Å². The zero-order valence-electron chi connectivity index (χ0n) is 14.3. The number of carbonyl (C=O) groups excluding carboxylic acids is 4. The molecule has 0 fully saturated rings. The van der Waals surface area contributed by atoms with Crippen molar-refractivity contribution >= 4 is 39.2 Å². The Morgan fingerprint density at radius 2 is 1.48 bits per heavy atom. The maximum absolute atomic E-state index is 11.9. The molecule has 0 unspecified atom stereocenters. The van der Waals surface area contributed by atoms with Crippen molar-refractivity contribution < 1.29 is 19.2 Å². The first-order valence-corrected chi connectivity index (χ1v) is 7.87. The summed E-state index contributed by atoms with van der Waals surface area (Å²) in [5.41, 5.74) is 5.43. The molecule has 0 aromatic carbocycles. The Kier molecular flexibility index (Phi) is 10.8. The normalized spacial score (nSPS) is 10.0. The Balaban J connectivity index is 4.36. The van der Waals surface area contributed by atoms with Gasteiger partial charge >= 0.3 is 0 Å². The predicted molar refractivity (Wildman–Crippen MR) is 92.6 cm³/mol. The van der Waals surface area contributed by atoms with E-state index in [1.165, 1.54) is 16.7 Å². The van der Waals surface area contributed by atoms with Crippen molar-refractivity contribution in [1.82, 2.24) is 15.1 Å². The molecule has 8 nitrogen and oxygen atoms in total. The molecule has 0 radical (unpaired) electrons. The van der Waals surface area contributed by atoms with Crippen LogP contribution in [0.25, 0.3) is 0 Å². The summed E-state index contributed by atoms with van der Waals surface area (Å²) in [6.07, 6.45) is 0.612. The highest BCUT2D eigenvalue weighted by Crippen LogP contribution is 1.95. The Hall–Kier alpha value is -1.83. The molecule has 0 aliphatic rings. The molecule has 0 rings (SSSR count). The number of nitrogens with zero attached hydrogens (tertiary/aromatic N) is 2. The number of nitrogens with two attached hydrogens (primary N) is 1. The van der Waals surface area contributed by atoms with E-state index in [1.807, 2.05) is 0 Å². The molecule has 23 heavy (non-hydrogen) atoms. The summed E-state index contributed by atoms with van der Waals surface area (Å²) in [5, 5.41) is 2.65. The summed E-state index contributed by atoms with van der Waals surface area (Å²) < 4.78 is 0. The second-order valence-electron chi connectivity index (χ2n) is 5.18. The molecule has 0 aromatic heterocycles. The van der Waals surface area contributed by atoms with Crippen molar-refractivity contribution in [2.24, 2.45) is 5.73 Å². The minimum atomic E-state index is -0.313. The van der Waals surface area contributed by atoms with E-state index in [0.29, 0.717) is 19.2 Å². The lowest BCUT2D eigenvalue weighted by Crippen LogP contribution is -2.45. The Labute approximate surface area is 138 Å². The van der Waals surface area contributed by atoms with Crippen LogP contribution < -0.4 is 11.1 Å². The number of Topliss-reactive ketones (excluding diaryl/α,β-unsaturated/α-hetero) is 1. The molecule has 0 atom stereocenters. The lowest BCUT2D eigenvalue weighted by molar-refractivity contribution is -0.134. The average Bonchev–Trinajstić information content (AvgIpc) is 2.51.